The van der Waals surface area contributed by atoms with E-state index in [1.165, 1.54) is 11.3 Å². The number of carbonyl (C=O) groups is 2. The maximum atomic E-state index is 12.4. The maximum absolute atomic E-state index is 12.4. The molecule has 0 bridgehead atoms. The number of rotatable bonds is 8. The number of aromatic nitrogens is 1. The van der Waals surface area contributed by atoms with Gasteiger partial charge in [-0.25, -0.2) is 9.78 Å². The molecule has 1 saturated heterocycles. The fourth-order valence-corrected chi connectivity index (χ4v) is 3.89. The Hall–Kier alpha value is -2.65. The minimum Gasteiger partial charge on any atom is -0.497 e. The van der Waals surface area contributed by atoms with Gasteiger partial charge in [-0.15, -0.1) is 11.3 Å². The van der Waals surface area contributed by atoms with Crippen LogP contribution in [0.3, 0.4) is 0 Å². The Morgan fingerprint density at radius 3 is 2.96 bits per heavy atom. The Labute approximate surface area is 168 Å². The molecule has 1 atom stereocenters. The fraction of sp³-hybridized carbons (Fsp3) is 0.421. The molecule has 9 heteroatoms. The lowest BCUT2D eigenvalue weighted by molar-refractivity contribution is -0.120. The molecule has 150 valence electrons. The van der Waals surface area contributed by atoms with E-state index >= 15 is 0 Å². The summed E-state index contributed by atoms with van der Waals surface area (Å²) in [6.45, 7) is 1.69. The normalized spacial score (nSPS) is 14.9. The van der Waals surface area contributed by atoms with E-state index in [2.05, 4.69) is 20.5 Å². The monoisotopic (exact) mass is 403 g/mol. The Balaban J connectivity index is 1.58. The lowest BCUT2D eigenvalue weighted by Crippen LogP contribution is -2.35. The van der Waals surface area contributed by atoms with Gasteiger partial charge >= 0.3 is 6.03 Å². The molecule has 2 N–H and O–H groups in total. The molecule has 3 amide bonds. The number of hydrogen-bond donors (Lipinski definition) is 2. The first-order valence-electron chi connectivity index (χ1n) is 9.04. The van der Waals surface area contributed by atoms with Crippen molar-refractivity contribution in [1.29, 1.82) is 0 Å². The zero-order chi connectivity index (χ0) is 20.1. The Morgan fingerprint density at radius 2 is 2.29 bits per heavy atom. The molecule has 0 aliphatic carbocycles. The predicted molar refractivity (Wildman–Crippen MR) is 109 cm³/mol. The highest BCUT2D eigenvalue weighted by molar-refractivity contribution is 7.14. The zero-order valence-electron chi connectivity index (χ0n) is 16.3. The Bertz CT molecular complexity index is 838. The molecule has 1 aromatic heterocycles. The van der Waals surface area contributed by atoms with Crippen LogP contribution in [0.4, 0.5) is 9.93 Å². The van der Waals surface area contributed by atoms with Crippen molar-refractivity contribution in [1.82, 2.24) is 20.5 Å². The average molecular weight is 404 g/mol. The molecule has 0 spiro atoms. The van der Waals surface area contributed by atoms with Crippen LogP contribution in [-0.2, 0) is 11.2 Å². The van der Waals surface area contributed by atoms with E-state index in [1.807, 2.05) is 43.7 Å². The van der Waals surface area contributed by atoms with Crippen LogP contribution in [-0.4, -0.2) is 62.7 Å². The second-order valence-corrected chi connectivity index (χ2v) is 7.58. The zero-order valence-corrected chi connectivity index (χ0v) is 17.1. The van der Waals surface area contributed by atoms with Gasteiger partial charge < -0.3 is 20.3 Å². The van der Waals surface area contributed by atoms with Gasteiger partial charge in [0.25, 0.3) is 0 Å². The summed E-state index contributed by atoms with van der Waals surface area (Å²) in [4.78, 5) is 32.2. The standard InChI is InChI=1S/C19H25N5O3S/c1-23(2)16(13-5-4-6-15(9-13)27-3)11-21-17(25)10-14-12-28-19(22-14)24-8-7-20-18(24)26/h4-6,9,12,16H,7-8,10-11H2,1-3H3,(H,20,26)(H,21,25). The van der Waals surface area contributed by atoms with Crippen molar-refractivity contribution >= 4 is 28.4 Å². The number of thiazole rings is 1. The number of methoxy groups -OCH3 is 1. The number of nitrogens with one attached hydrogen (secondary N) is 2. The third kappa shape index (κ3) is 4.79. The summed E-state index contributed by atoms with van der Waals surface area (Å²) in [5, 5.41) is 8.18. The number of urea groups is 1. The Morgan fingerprint density at radius 1 is 1.46 bits per heavy atom. The van der Waals surface area contributed by atoms with E-state index in [1.54, 1.807) is 12.0 Å². The molecule has 1 aliphatic rings. The van der Waals surface area contributed by atoms with Crippen molar-refractivity contribution in [3.8, 4) is 5.75 Å². The van der Waals surface area contributed by atoms with E-state index < -0.39 is 0 Å². The van der Waals surface area contributed by atoms with Gasteiger partial charge in [0.1, 0.15) is 5.75 Å². The van der Waals surface area contributed by atoms with Crippen molar-refractivity contribution in [2.24, 2.45) is 0 Å². The van der Waals surface area contributed by atoms with E-state index in [0.29, 0.717) is 30.5 Å². The first-order chi connectivity index (χ1) is 13.5. The van der Waals surface area contributed by atoms with Crippen LogP contribution in [0.1, 0.15) is 17.3 Å². The molecule has 1 unspecified atom stereocenters. The Kier molecular flexibility index (Phi) is 6.48. The molecule has 1 fully saturated rings. The number of benzene rings is 1. The van der Waals surface area contributed by atoms with Crippen LogP contribution < -0.4 is 20.3 Å². The SMILES string of the molecule is COc1cccc(C(CNC(=O)Cc2csc(N3CCNC3=O)n2)N(C)C)c1. The van der Waals surface area contributed by atoms with Crippen molar-refractivity contribution in [3.05, 3.63) is 40.9 Å². The van der Waals surface area contributed by atoms with Crippen LogP contribution in [0.2, 0.25) is 0 Å². The molecule has 0 saturated carbocycles. The summed E-state index contributed by atoms with van der Waals surface area (Å²) < 4.78 is 5.30. The molecular weight excluding hydrogens is 378 g/mol. The highest BCUT2D eigenvalue weighted by Gasteiger charge is 2.24. The number of likely N-dealkylation sites (N-methyl/N-ethyl adjacent to an activating group) is 1. The van der Waals surface area contributed by atoms with Gasteiger partial charge in [0.2, 0.25) is 5.91 Å². The van der Waals surface area contributed by atoms with Gasteiger partial charge in [0.15, 0.2) is 5.13 Å². The summed E-state index contributed by atoms with van der Waals surface area (Å²) in [7, 11) is 5.59. The van der Waals surface area contributed by atoms with E-state index in [4.69, 9.17) is 4.74 Å². The van der Waals surface area contributed by atoms with Crippen LogP contribution in [0.25, 0.3) is 0 Å². The van der Waals surface area contributed by atoms with Gasteiger partial charge in [-0.2, -0.15) is 0 Å². The third-order valence-electron chi connectivity index (χ3n) is 4.56. The number of ether oxygens (including phenoxy) is 1. The maximum Gasteiger partial charge on any atom is 0.323 e. The minimum atomic E-state index is -0.141. The average Bonchev–Trinajstić information content (AvgIpc) is 3.30. The number of hydrogen-bond acceptors (Lipinski definition) is 6. The largest absolute Gasteiger partial charge is 0.497 e. The molecule has 2 aromatic rings. The van der Waals surface area contributed by atoms with Crippen LogP contribution in [0.15, 0.2) is 29.6 Å². The summed E-state index contributed by atoms with van der Waals surface area (Å²) in [6.07, 6.45) is 0.185. The third-order valence-corrected chi connectivity index (χ3v) is 5.48. The molecule has 0 radical (unpaired) electrons. The van der Waals surface area contributed by atoms with Crippen molar-refractivity contribution in [2.45, 2.75) is 12.5 Å². The number of anilines is 1. The minimum absolute atomic E-state index is 0.0262. The molecule has 28 heavy (non-hydrogen) atoms. The van der Waals surface area contributed by atoms with Crippen molar-refractivity contribution in [2.75, 3.05) is 45.7 Å². The van der Waals surface area contributed by atoms with Crippen LogP contribution in [0.5, 0.6) is 5.75 Å². The van der Waals surface area contributed by atoms with Gasteiger partial charge in [-0.05, 0) is 31.8 Å². The second kappa shape index (κ2) is 9.03. The van der Waals surface area contributed by atoms with Crippen LogP contribution in [0, 0.1) is 0 Å². The lowest BCUT2D eigenvalue weighted by atomic mass is 10.1. The van der Waals surface area contributed by atoms with Gasteiger partial charge in [0.05, 0.1) is 25.3 Å². The predicted octanol–water partition coefficient (Wildman–Crippen LogP) is 1.64. The molecule has 1 aromatic carbocycles. The van der Waals surface area contributed by atoms with E-state index in [-0.39, 0.29) is 24.4 Å². The summed E-state index contributed by atoms with van der Waals surface area (Å²) in [6, 6.07) is 7.72. The highest BCUT2D eigenvalue weighted by Crippen LogP contribution is 2.23. The summed E-state index contributed by atoms with van der Waals surface area (Å²) in [5.74, 6) is 0.689. The second-order valence-electron chi connectivity index (χ2n) is 6.74. The smallest absolute Gasteiger partial charge is 0.323 e. The fourth-order valence-electron chi connectivity index (χ4n) is 3.04. The number of nitrogens with zero attached hydrogens (tertiary/aromatic N) is 3. The first kappa shape index (κ1) is 20.1. The quantitative estimate of drug-likeness (QED) is 0.700. The topological polar surface area (TPSA) is 86.8 Å². The molecule has 3 rings (SSSR count). The van der Waals surface area contributed by atoms with Gasteiger partial charge in [-0.3, -0.25) is 9.69 Å². The summed E-state index contributed by atoms with van der Waals surface area (Å²) in [5.41, 5.74) is 1.74. The molecule has 8 nitrogen and oxygen atoms in total. The van der Waals surface area contributed by atoms with E-state index in [0.717, 1.165) is 11.3 Å². The van der Waals surface area contributed by atoms with E-state index in [9.17, 15) is 9.59 Å². The number of amides is 3. The number of carbonyl (C=O) groups excluding carboxylic acids is 2. The van der Waals surface area contributed by atoms with Crippen molar-refractivity contribution < 1.29 is 14.3 Å². The molecule has 1 aliphatic heterocycles. The molecular formula is C19H25N5O3S. The van der Waals surface area contributed by atoms with Gasteiger partial charge in [0, 0.05) is 25.0 Å². The summed E-state index contributed by atoms with van der Waals surface area (Å²) >= 11 is 1.37. The first-order valence-corrected chi connectivity index (χ1v) is 9.92. The van der Waals surface area contributed by atoms with Crippen molar-refractivity contribution in [3.63, 3.8) is 0 Å². The lowest BCUT2D eigenvalue weighted by Gasteiger charge is -2.25. The molecule has 2 heterocycles. The van der Waals surface area contributed by atoms with Crippen LogP contribution >= 0.6 is 11.3 Å². The van der Waals surface area contributed by atoms with Gasteiger partial charge in [-0.1, -0.05) is 12.1 Å². The highest BCUT2D eigenvalue weighted by atomic mass is 32.1.